The Morgan fingerprint density at radius 1 is 0.692 bits per heavy atom. The molecule has 1 aromatic carbocycles. The molecule has 2 saturated heterocycles. The van der Waals surface area contributed by atoms with Gasteiger partial charge >= 0.3 is 0 Å². The molecular weight excluding hydrogens is 318 g/mol. The molecule has 1 aromatic rings. The highest BCUT2D eigenvalue weighted by Crippen LogP contribution is 2.50. The van der Waals surface area contributed by atoms with Crippen LogP contribution in [0.2, 0.25) is 0 Å². The van der Waals surface area contributed by atoms with E-state index in [1.807, 2.05) is 0 Å². The molecule has 26 heavy (non-hydrogen) atoms. The van der Waals surface area contributed by atoms with Gasteiger partial charge in [0.05, 0.1) is 0 Å². The summed E-state index contributed by atoms with van der Waals surface area (Å²) >= 11 is 0. The van der Waals surface area contributed by atoms with Crippen LogP contribution in [0.4, 0.5) is 0 Å². The molecule has 4 rings (SSSR count). The molecule has 0 atom stereocenters. The molecule has 3 aliphatic rings. The molecule has 2 heterocycles. The lowest BCUT2D eigenvalue weighted by Gasteiger charge is -2.55. The lowest BCUT2D eigenvalue weighted by atomic mass is 9.61. The Hall–Kier alpha value is -0.900. The molecule has 144 valence electrons. The summed E-state index contributed by atoms with van der Waals surface area (Å²) < 4.78 is 0. The van der Waals surface area contributed by atoms with Gasteiger partial charge in [-0.15, -0.1) is 0 Å². The molecule has 0 radical (unpaired) electrons. The molecule has 1 spiro atoms. The van der Waals surface area contributed by atoms with E-state index in [1.54, 1.807) is 0 Å². The average molecular weight is 356 g/mol. The van der Waals surface area contributed by atoms with Crippen molar-refractivity contribution in [3.05, 3.63) is 35.9 Å². The van der Waals surface area contributed by atoms with Crippen molar-refractivity contribution in [3.8, 4) is 0 Å². The molecule has 2 aliphatic heterocycles. The lowest BCUT2D eigenvalue weighted by Crippen LogP contribution is -2.60. The van der Waals surface area contributed by atoms with E-state index in [4.69, 9.17) is 0 Å². The molecular formula is C23H37N3. The summed E-state index contributed by atoms with van der Waals surface area (Å²) in [6.45, 7) is 7.57. The number of hydrogen-bond acceptors (Lipinski definition) is 3. The summed E-state index contributed by atoms with van der Waals surface area (Å²) in [7, 11) is 4.56. The molecule has 0 bridgehead atoms. The van der Waals surface area contributed by atoms with Crippen molar-refractivity contribution in [1.29, 1.82) is 0 Å². The third kappa shape index (κ3) is 3.85. The molecule has 1 saturated carbocycles. The fourth-order valence-electron chi connectivity index (χ4n) is 5.70. The third-order valence-corrected chi connectivity index (χ3v) is 7.84. The Balaban J connectivity index is 1.51. The highest BCUT2D eigenvalue weighted by Gasteiger charge is 2.46. The van der Waals surface area contributed by atoms with Crippen LogP contribution < -0.4 is 0 Å². The van der Waals surface area contributed by atoms with Crippen molar-refractivity contribution >= 4 is 0 Å². The van der Waals surface area contributed by atoms with Crippen molar-refractivity contribution in [2.24, 2.45) is 5.41 Å². The number of likely N-dealkylation sites (N-methyl/N-ethyl adjacent to an activating group) is 1. The van der Waals surface area contributed by atoms with Gasteiger partial charge in [-0.3, -0.25) is 4.90 Å². The molecule has 3 nitrogen and oxygen atoms in total. The Morgan fingerprint density at radius 3 is 1.88 bits per heavy atom. The maximum atomic E-state index is 2.88. The van der Waals surface area contributed by atoms with E-state index in [2.05, 4.69) is 59.1 Å². The highest BCUT2D eigenvalue weighted by molar-refractivity contribution is 5.19. The number of hydrogen-bond donors (Lipinski definition) is 0. The van der Waals surface area contributed by atoms with E-state index in [9.17, 15) is 0 Å². The predicted molar refractivity (Wildman–Crippen MR) is 110 cm³/mol. The molecule has 0 aromatic heterocycles. The van der Waals surface area contributed by atoms with Gasteiger partial charge in [0, 0.05) is 31.7 Å². The van der Waals surface area contributed by atoms with Crippen LogP contribution in [0.15, 0.2) is 30.3 Å². The quantitative estimate of drug-likeness (QED) is 0.822. The number of piperazine rings is 1. The van der Waals surface area contributed by atoms with E-state index < -0.39 is 0 Å². The first kappa shape index (κ1) is 18.5. The maximum Gasteiger partial charge on any atom is 0.0251 e. The normalized spacial score (nSPS) is 27.6. The lowest BCUT2D eigenvalue weighted by molar-refractivity contribution is -0.0331. The molecule has 0 unspecified atom stereocenters. The first-order chi connectivity index (χ1) is 12.6. The summed E-state index contributed by atoms with van der Waals surface area (Å²) in [6, 6.07) is 11.3. The second kappa shape index (κ2) is 7.61. The van der Waals surface area contributed by atoms with E-state index in [0.717, 1.165) is 0 Å². The molecule has 0 N–H and O–H groups in total. The highest BCUT2D eigenvalue weighted by atomic mass is 15.3. The van der Waals surface area contributed by atoms with Gasteiger partial charge in [-0.05, 0) is 83.1 Å². The molecule has 1 aliphatic carbocycles. The summed E-state index contributed by atoms with van der Waals surface area (Å²) in [6.07, 6.45) is 9.78. The largest absolute Gasteiger partial charge is 0.306 e. The molecule has 0 amide bonds. The standard InChI is InChI=1S/C23H37N3/c1-24-14-12-22(13-15-24)8-10-23(11-9-22,20-21-6-4-3-5-7-21)26-18-16-25(2)17-19-26/h3-7H,8-20H2,1-2H3. The van der Waals surface area contributed by atoms with Crippen LogP contribution in [-0.4, -0.2) is 73.6 Å². The van der Waals surface area contributed by atoms with Gasteiger partial charge in [-0.2, -0.15) is 0 Å². The molecule has 3 heteroatoms. The van der Waals surface area contributed by atoms with E-state index in [1.165, 1.54) is 89.8 Å². The zero-order valence-electron chi connectivity index (χ0n) is 16.9. The average Bonchev–Trinajstić information content (AvgIpc) is 2.68. The number of nitrogens with zero attached hydrogens (tertiary/aromatic N) is 3. The van der Waals surface area contributed by atoms with Crippen molar-refractivity contribution in [2.75, 3.05) is 53.4 Å². The number of rotatable bonds is 3. The number of piperidine rings is 1. The van der Waals surface area contributed by atoms with Gasteiger partial charge in [-0.1, -0.05) is 30.3 Å². The predicted octanol–water partition coefficient (Wildman–Crippen LogP) is 3.50. The van der Waals surface area contributed by atoms with Crippen LogP contribution in [0.1, 0.15) is 44.1 Å². The fraction of sp³-hybridized carbons (Fsp3) is 0.739. The summed E-state index contributed by atoms with van der Waals surface area (Å²) in [4.78, 5) is 7.90. The Morgan fingerprint density at radius 2 is 1.27 bits per heavy atom. The third-order valence-electron chi connectivity index (χ3n) is 7.84. The van der Waals surface area contributed by atoms with Crippen molar-refractivity contribution < 1.29 is 0 Å². The first-order valence-electron chi connectivity index (χ1n) is 10.8. The van der Waals surface area contributed by atoms with Gasteiger partial charge in [0.1, 0.15) is 0 Å². The minimum absolute atomic E-state index is 0.400. The minimum Gasteiger partial charge on any atom is -0.306 e. The van der Waals surface area contributed by atoms with Crippen LogP contribution in [0.25, 0.3) is 0 Å². The summed E-state index contributed by atoms with van der Waals surface area (Å²) in [5, 5.41) is 0. The molecule has 3 fully saturated rings. The van der Waals surface area contributed by atoms with Crippen molar-refractivity contribution in [3.63, 3.8) is 0 Å². The van der Waals surface area contributed by atoms with Crippen molar-refractivity contribution in [2.45, 2.75) is 50.5 Å². The second-order valence-corrected chi connectivity index (χ2v) is 9.48. The van der Waals surface area contributed by atoms with E-state index in [-0.39, 0.29) is 0 Å². The van der Waals surface area contributed by atoms with E-state index in [0.29, 0.717) is 11.0 Å². The number of benzene rings is 1. The van der Waals surface area contributed by atoms with Gasteiger partial charge in [0.25, 0.3) is 0 Å². The van der Waals surface area contributed by atoms with Gasteiger partial charge < -0.3 is 9.80 Å². The topological polar surface area (TPSA) is 9.72 Å². The summed E-state index contributed by atoms with van der Waals surface area (Å²) in [5.41, 5.74) is 2.59. The van der Waals surface area contributed by atoms with Crippen LogP contribution in [0.3, 0.4) is 0 Å². The zero-order chi connectivity index (χ0) is 18.0. The second-order valence-electron chi connectivity index (χ2n) is 9.48. The maximum absolute atomic E-state index is 2.88. The minimum atomic E-state index is 0.400. The first-order valence-corrected chi connectivity index (χ1v) is 10.8. The van der Waals surface area contributed by atoms with Gasteiger partial charge in [0.15, 0.2) is 0 Å². The van der Waals surface area contributed by atoms with Crippen LogP contribution in [0.5, 0.6) is 0 Å². The van der Waals surface area contributed by atoms with Crippen LogP contribution >= 0.6 is 0 Å². The van der Waals surface area contributed by atoms with Crippen LogP contribution in [-0.2, 0) is 6.42 Å². The number of likely N-dealkylation sites (tertiary alicyclic amines) is 1. The Kier molecular flexibility index (Phi) is 5.41. The van der Waals surface area contributed by atoms with E-state index >= 15 is 0 Å². The Bertz CT molecular complexity index is 558. The SMILES string of the molecule is CN1CCN(C2(Cc3ccccc3)CCC3(CCN(C)CC3)CC2)CC1. The monoisotopic (exact) mass is 355 g/mol. The smallest absolute Gasteiger partial charge is 0.0251 e. The van der Waals surface area contributed by atoms with Crippen molar-refractivity contribution in [1.82, 2.24) is 14.7 Å². The fourth-order valence-corrected chi connectivity index (χ4v) is 5.70. The van der Waals surface area contributed by atoms with Crippen LogP contribution in [0, 0.1) is 5.41 Å². The zero-order valence-corrected chi connectivity index (χ0v) is 16.9. The van der Waals surface area contributed by atoms with Gasteiger partial charge in [-0.25, -0.2) is 0 Å². The Labute approximate surface area is 160 Å². The van der Waals surface area contributed by atoms with Gasteiger partial charge in [0.2, 0.25) is 0 Å². The summed E-state index contributed by atoms with van der Waals surface area (Å²) in [5.74, 6) is 0.